The molecule has 6 heteroatoms. The van der Waals surface area contributed by atoms with Crippen molar-refractivity contribution in [2.75, 3.05) is 0 Å². The van der Waals surface area contributed by atoms with Crippen LogP contribution in [0.2, 0.25) is 0 Å². The molecule has 0 fully saturated rings. The topological polar surface area (TPSA) is 37.3 Å². The van der Waals surface area contributed by atoms with Gasteiger partial charge >= 0.3 is 5.97 Å². The third kappa shape index (κ3) is 1.88. The third-order valence-electron chi connectivity index (χ3n) is 1.33. The van der Waals surface area contributed by atoms with Gasteiger partial charge in [-0.3, -0.25) is 0 Å². The molecule has 0 amide bonds. The van der Waals surface area contributed by atoms with Crippen molar-refractivity contribution in [2.24, 2.45) is 0 Å². The number of carbonyl (C=O) groups is 1. The van der Waals surface area contributed by atoms with Crippen molar-refractivity contribution in [3.63, 3.8) is 0 Å². The van der Waals surface area contributed by atoms with Gasteiger partial charge in [0.2, 0.25) is 0 Å². The lowest BCUT2D eigenvalue weighted by atomic mass is 10.2. The molecule has 1 aromatic rings. The summed E-state index contributed by atoms with van der Waals surface area (Å²) < 4.78 is 25.4. The zero-order valence-electron chi connectivity index (χ0n) is 5.94. The first kappa shape index (κ1) is 10.6. The second kappa shape index (κ2) is 3.71. The maximum atomic E-state index is 12.9. The second-order valence-electron chi connectivity index (χ2n) is 2.15. The predicted octanol–water partition coefficient (Wildman–Crippen LogP) is 3.19. The van der Waals surface area contributed by atoms with Gasteiger partial charge in [0, 0.05) is 6.07 Å². The van der Waals surface area contributed by atoms with Crippen molar-refractivity contribution in [3.05, 3.63) is 32.2 Å². The average molecular weight is 316 g/mol. The summed E-state index contributed by atoms with van der Waals surface area (Å²) >= 11 is 5.56. The van der Waals surface area contributed by atoms with E-state index in [1.807, 2.05) is 0 Å². The van der Waals surface area contributed by atoms with E-state index in [-0.39, 0.29) is 8.95 Å². The zero-order chi connectivity index (χ0) is 10.2. The molecule has 13 heavy (non-hydrogen) atoms. The summed E-state index contributed by atoms with van der Waals surface area (Å²) in [5, 5.41) is 8.55. The van der Waals surface area contributed by atoms with Gasteiger partial charge in [-0.05, 0) is 31.9 Å². The van der Waals surface area contributed by atoms with Crippen molar-refractivity contribution in [2.45, 2.75) is 0 Å². The minimum absolute atomic E-state index is 0.105. The molecule has 1 aromatic carbocycles. The Labute approximate surface area is 88.8 Å². The number of rotatable bonds is 1. The number of hydrogen-bond acceptors (Lipinski definition) is 1. The Balaban J connectivity index is 3.53. The molecule has 0 atom stereocenters. The van der Waals surface area contributed by atoms with Gasteiger partial charge in [-0.15, -0.1) is 0 Å². The number of aromatic carboxylic acids is 1. The Morgan fingerprint density at radius 2 is 1.77 bits per heavy atom. The van der Waals surface area contributed by atoms with E-state index in [2.05, 4.69) is 31.9 Å². The number of hydrogen-bond donors (Lipinski definition) is 1. The molecule has 0 aliphatic rings. The van der Waals surface area contributed by atoms with Gasteiger partial charge in [-0.25, -0.2) is 13.6 Å². The smallest absolute Gasteiger partial charge is 0.339 e. The number of carboxylic acid groups (broad SMARTS) is 1. The molecular weight excluding hydrogens is 314 g/mol. The highest BCUT2D eigenvalue weighted by Crippen LogP contribution is 2.31. The van der Waals surface area contributed by atoms with Crippen LogP contribution in [0.3, 0.4) is 0 Å². The lowest BCUT2D eigenvalue weighted by Crippen LogP contribution is -2.03. The lowest BCUT2D eigenvalue weighted by Gasteiger charge is -2.03. The summed E-state index contributed by atoms with van der Waals surface area (Å²) in [5.41, 5.74) is -0.590. The van der Waals surface area contributed by atoms with Gasteiger partial charge in [0.05, 0.1) is 8.95 Å². The summed E-state index contributed by atoms with van der Waals surface area (Å²) in [5.74, 6) is -3.42. The molecule has 1 rings (SSSR count). The van der Waals surface area contributed by atoms with E-state index < -0.39 is 23.2 Å². The minimum atomic E-state index is -1.45. The number of benzene rings is 1. The molecule has 0 saturated carbocycles. The van der Waals surface area contributed by atoms with Gasteiger partial charge < -0.3 is 5.11 Å². The molecule has 2 nitrogen and oxygen atoms in total. The summed E-state index contributed by atoms with van der Waals surface area (Å²) in [6.07, 6.45) is 0. The van der Waals surface area contributed by atoms with Gasteiger partial charge in [0.25, 0.3) is 0 Å². The van der Waals surface area contributed by atoms with Crippen LogP contribution in [-0.2, 0) is 0 Å². The Hall–Kier alpha value is -0.490. The first-order chi connectivity index (χ1) is 5.95. The fourth-order valence-corrected chi connectivity index (χ4v) is 1.62. The molecule has 0 unspecified atom stereocenters. The van der Waals surface area contributed by atoms with Gasteiger partial charge in [-0.2, -0.15) is 0 Å². The van der Waals surface area contributed by atoms with E-state index in [0.717, 1.165) is 0 Å². The molecule has 0 spiro atoms. The average Bonchev–Trinajstić information content (AvgIpc) is 1.99. The molecule has 70 valence electrons. The Morgan fingerprint density at radius 3 is 2.23 bits per heavy atom. The van der Waals surface area contributed by atoms with E-state index in [1.165, 1.54) is 0 Å². The molecule has 0 aliphatic carbocycles. The van der Waals surface area contributed by atoms with Gasteiger partial charge in [0.15, 0.2) is 0 Å². The molecule has 0 aliphatic heterocycles. The van der Waals surface area contributed by atoms with Crippen molar-refractivity contribution in [1.82, 2.24) is 0 Å². The fraction of sp³-hybridized carbons (Fsp3) is 0. The van der Waals surface area contributed by atoms with Crippen LogP contribution in [0.25, 0.3) is 0 Å². The summed E-state index contributed by atoms with van der Waals surface area (Å²) in [6, 6.07) is 0.512. The molecule has 0 heterocycles. The van der Waals surface area contributed by atoms with Crippen molar-refractivity contribution in [1.29, 1.82) is 0 Å². The standard InChI is InChI=1S/C7H2Br2F2O2/c8-5-3(11)1-2(10)4(6(5)9)7(12)13/h1H,(H,12,13). The Kier molecular flexibility index (Phi) is 3.02. The normalized spacial score (nSPS) is 10.2. The molecule has 0 saturated heterocycles. The first-order valence-corrected chi connectivity index (χ1v) is 4.60. The maximum Gasteiger partial charge on any atom is 0.339 e. The highest BCUT2D eigenvalue weighted by Gasteiger charge is 2.20. The predicted molar refractivity (Wildman–Crippen MR) is 48.7 cm³/mol. The summed E-state index contributed by atoms with van der Waals surface area (Å²) in [6.45, 7) is 0. The highest BCUT2D eigenvalue weighted by atomic mass is 79.9. The van der Waals surface area contributed by atoms with Crippen LogP contribution in [0.15, 0.2) is 15.0 Å². The minimum Gasteiger partial charge on any atom is -0.478 e. The molecular formula is C7H2Br2F2O2. The lowest BCUT2D eigenvalue weighted by molar-refractivity contribution is 0.0690. The van der Waals surface area contributed by atoms with Crippen LogP contribution in [0.1, 0.15) is 10.4 Å². The number of halogens is 4. The monoisotopic (exact) mass is 314 g/mol. The van der Waals surface area contributed by atoms with E-state index >= 15 is 0 Å². The molecule has 0 radical (unpaired) electrons. The Bertz CT molecular complexity index is 379. The Morgan fingerprint density at radius 1 is 1.23 bits per heavy atom. The van der Waals surface area contributed by atoms with E-state index in [9.17, 15) is 13.6 Å². The molecule has 0 bridgehead atoms. The van der Waals surface area contributed by atoms with Crippen LogP contribution in [0, 0.1) is 11.6 Å². The van der Waals surface area contributed by atoms with Crippen molar-refractivity contribution in [3.8, 4) is 0 Å². The third-order valence-corrected chi connectivity index (χ3v) is 3.43. The van der Waals surface area contributed by atoms with Crippen LogP contribution < -0.4 is 0 Å². The van der Waals surface area contributed by atoms with Gasteiger partial charge in [-0.1, -0.05) is 0 Å². The fourth-order valence-electron chi connectivity index (χ4n) is 0.762. The van der Waals surface area contributed by atoms with E-state index in [4.69, 9.17) is 5.11 Å². The van der Waals surface area contributed by atoms with E-state index in [0.29, 0.717) is 6.07 Å². The summed E-state index contributed by atoms with van der Waals surface area (Å²) in [4.78, 5) is 10.5. The van der Waals surface area contributed by atoms with Crippen molar-refractivity contribution >= 4 is 37.8 Å². The summed E-state index contributed by atoms with van der Waals surface area (Å²) in [7, 11) is 0. The quantitative estimate of drug-likeness (QED) is 0.638. The second-order valence-corrected chi connectivity index (χ2v) is 3.73. The van der Waals surface area contributed by atoms with E-state index in [1.54, 1.807) is 0 Å². The first-order valence-electron chi connectivity index (χ1n) is 3.01. The number of carboxylic acids is 1. The van der Waals surface area contributed by atoms with Crippen LogP contribution >= 0.6 is 31.9 Å². The maximum absolute atomic E-state index is 12.9. The highest BCUT2D eigenvalue weighted by molar-refractivity contribution is 9.13. The SMILES string of the molecule is O=C(O)c1c(F)cc(F)c(Br)c1Br. The molecule has 0 aromatic heterocycles. The zero-order valence-corrected chi connectivity index (χ0v) is 9.12. The molecule has 1 N–H and O–H groups in total. The largest absolute Gasteiger partial charge is 0.478 e. The van der Waals surface area contributed by atoms with Gasteiger partial charge in [0.1, 0.15) is 17.2 Å². The van der Waals surface area contributed by atoms with Crippen molar-refractivity contribution < 1.29 is 18.7 Å². The van der Waals surface area contributed by atoms with Crippen LogP contribution in [0.5, 0.6) is 0 Å². The van der Waals surface area contributed by atoms with Crippen LogP contribution in [-0.4, -0.2) is 11.1 Å². The van der Waals surface area contributed by atoms with Crippen LogP contribution in [0.4, 0.5) is 8.78 Å².